The molecule has 0 aliphatic carbocycles. The summed E-state index contributed by atoms with van der Waals surface area (Å²) < 4.78 is 64.3. The Labute approximate surface area is 137 Å². The van der Waals surface area contributed by atoms with Crippen molar-refractivity contribution in [2.75, 3.05) is 6.67 Å². The van der Waals surface area contributed by atoms with Crippen molar-refractivity contribution in [3.63, 3.8) is 0 Å². The maximum Gasteiger partial charge on any atom is 0.471 e. The van der Waals surface area contributed by atoms with Crippen LogP contribution in [0.3, 0.4) is 0 Å². The SMILES string of the molecule is O=CC[C@](CF)(NC(=O)C(F)(F)F)c1cc(Br)ccc1F.S. The van der Waals surface area contributed by atoms with E-state index < -0.39 is 42.1 Å². The Bertz CT molecular complexity index is 555. The number of carbonyl (C=O) groups is 2. The fourth-order valence-corrected chi connectivity index (χ4v) is 2.04. The second-order valence-corrected chi connectivity index (χ2v) is 5.08. The van der Waals surface area contributed by atoms with Gasteiger partial charge in [-0.05, 0) is 18.2 Å². The second kappa shape index (κ2) is 7.91. The van der Waals surface area contributed by atoms with E-state index in [1.54, 1.807) is 0 Å². The molecule has 0 radical (unpaired) electrons. The van der Waals surface area contributed by atoms with Crippen LogP contribution in [0.4, 0.5) is 22.0 Å². The number of hydrogen-bond acceptors (Lipinski definition) is 2. The third-order valence-corrected chi connectivity index (χ3v) is 3.21. The summed E-state index contributed by atoms with van der Waals surface area (Å²) in [6, 6.07) is 3.14. The van der Waals surface area contributed by atoms with Crippen LogP contribution in [0, 0.1) is 5.82 Å². The lowest BCUT2D eigenvalue weighted by molar-refractivity contribution is -0.176. The molecule has 0 unspecified atom stereocenters. The van der Waals surface area contributed by atoms with Crippen LogP contribution in [0.15, 0.2) is 22.7 Å². The van der Waals surface area contributed by atoms with Gasteiger partial charge in [0.15, 0.2) is 0 Å². The van der Waals surface area contributed by atoms with E-state index in [4.69, 9.17) is 0 Å². The van der Waals surface area contributed by atoms with Crippen LogP contribution in [-0.2, 0) is 15.1 Å². The zero-order chi connectivity index (χ0) is 16.3. The van der Waals surface area contributed by atoms with Gasteiger partial charge in [-0.1, -0.05) is 15.9 Å². The molecule has 1 aromatic carbocycles. The van der Waals surface area contributed by atoms with E-state index in [1.807, 2.05) is 0 Å². The van der Waals surface area contributed by atoms with E-state index in [0.717, 1.165) is 12.1 Å². The first kappa shape index (κ1) is 20.8. The molecule has 0 saturated carbocycles. The van der Waals surface area contributed by atoms with Gasteiger partial charge in [0.25, 0.3) is 0 Å². The Morgan fingerprint density at radius 2 is 1.91 bits per heavy atom. The van der Waals surface area contributed by atoms with Gasteiger partial charge >= 0.3 is 12.1 Å². The van der Waals surface area contributed by atoms with Crippen LogP contribution in [0.25, 0.3) is 0 Å². The molecule has 1 rings (SSSR count). The molecule has 22 heavy (non-hydrogen) atoms. The highest BCUT2D eigenvalue weighted by atomic mass is 79.9. The highest BCUT2D eigenvalue weighted by Gasteiger charge is 2.45. The number of carbonyl (C=O) groups excluding carboxylic acids is 2. The molecule has 1 amide bonds. The van der Waals surface area contributed by atoms with Crippen molar-refractivity contribution in [2.45, 2.75) is 18.1 Å². The number of nitrogens with one attached hydrogen (secondary N) is 1. The number of hydrogen-bond donors (Lipinski definition) is 1. The molecule has 0 heterocycles. The summed E-state index contributed by atoms with van der Waals surface area (Å²) in [5.41, 5.74) is -2.97. The molecule has 3 nitrogen and oxygen atoms in total. The van der Waals surface area contributed by atoms with Crippen LogP contribution < -0.4 is 5.32 Å². The molecule has 0 spiro atoms. The summed E-state index contributed by atoms with van der Waals surface area (Å²) in [7, 11) is 0. The van der Waals surface area contributed by atoms with Gasteiger partial charge in [0.2, 0.25) is 0 Å². The van der Waals surface area contributed by atoms with Crippen molar-refractivity contribution in [1.29, 1.82) is 0 Å². The Hall–Kier alpha value is -1.16. The van der Waals surface area contributed by atoms with Crippen molar-refractivity contribution >= 4 is 41.6 Å². The summed E-state index contributed by atoms with van der Waals surface area (Å²) in [4.78, 5) is 21.7. The van der Waals surface area contributed by atoms with E-state index in [1.165, 1.54) is 11.4 Å². The first-order valence-electron chi connectivity index (χ1n) is 5.51. The standard InChI is InChI=1S/C12H9BrF5NO2.H2S/c13-7-1-2-9(15)8(5-7)11(6-14,3-4-20)19-10(21)12(16,17)18;/h1-2,4-5H,3,6H2,(H,19,21);1H2/t11-;/m1./s1. The predicted octanol–water partition coefficient (Wildman–Crippen LogP) is 3.13. The number of aldehydes is 1. The second-order valence-electron chi connectivity index (χ2n) is 4.16. The van der Waals surface area contributed by atoms with Crippen LogP contribution in [0.1, 0.15) is 12.0 Å². The van der Waals surface area contributed by atoms with Crippen molar-refractivity contribution in [3.05, 3.63) is 34.1 Å². The Morgan fingerprint density at radius 3 is 2.36 bits per heavy atom. The topological polar surface area (TPSA) is 46.2 Å². The van der Waals surface area contributed by atoms with Gasteiger partial charge in [-0.2, -0.15) is 26.7 Å². The highest BCUT2D eigenvalue weighted by Crippen LogP contribution is 2.31. The quantitative estimate of drug-likeness (QED) is 0.601. The monoisotopic (exact) mass is 407 g/mol. The highest BCUT2D eigenvalue weighted by molar-refractivity contribution is 9.10. The van der Waals surface area contributed by atoms with Gasteiger partial charge in [0.05, 0.1) is 0 Å². The molecule has 1 atom stereocenters. The molecule has 0 aromatic heterocycles. The lowest BCUT2D eigenvalue weighted by atomic mass is 9.87. The zero-order valence-corrected chi connectivity index (χ0v) is 13.4. The number of alkyl halides is 4. The number of rotatable bonds is 5. The van der Waals surface area contributed by atoms with Crippen LogP contribution in [0.2, 0.25) is 0 Å². The number of benzene rings is 1. The van der Waals surface area contributed by atoms with Crippen LogP contribution in [-0.4, -0.2) is 25.0 Å². The maximum absolute atomic E-state index is 13.8. The summed E-state index contributed by atoms with van der Waals surface area (Å²) in [6.45, 7) is -1.58. The predicted molar refractivity (Wildman–Crippen MR) is 77.0 cm³/mol. The first-order valence-corrected chi connectivity index (χ1v) is 6.30. The molecule has 1 N–H and O–H groups in total. The maximum atomic E-state index is 13.8. The molecule has 0 aliphatic heterocycles. The molecular formula is C12H11BrF5NO2S. The van der Waals surface area contributed by atoms with Gasteiger partial charge in [0, 0.05) is 16.5 Å². The van der Waals surface area contributed by atoms with Gasteiger partial charge in [-0.3, -0.25) is 4.79 Å². The lowest BCUT2D eigenvalue weighted by Gasteiger charge is -2.31. The minimum Gasteiger partial charge on any atom is -0.336 e. The average molecular weight is 408 g/mol. The number of halogens is 6. The van der Waals surface area contributed by atoms with Crippen molar-refractivity contribution in [3.8, 4) is 0 Å². The van der Waals surface area contributed by atoms with Crippen molar-refractivity contribution in [2.24, 2.45) is 0 Å². The summed E-state index contributed by atoms with van der Waals surface area (Å²) in [5, 5.41) is 1.37. The van der Waals surface area contributed by atoms with Gasteiger partial charge < -0.3 is 10.1 Å². The first-order chi connectivity index (χ1) is 9.66. The normalized spacial score (nSPS) is 13.7. The zero-order valence-electron chi connectivity index (χ0n) is 10.8. The minimum atomic E-state index is -5.29. The molecule has 1 aromatic rings. The molecule has 10 heteroatoms. The van der Waals surface area contributed by atoms with E-state index in [9.17, 15) is 31.5 Å². The fraction of sp³-hybridized carbons (Fsp3) is 0.333. The van der Waals surface area contributed by atoms with Gasteiger partial charge in [0.1, 0.15) is 24.3 Å². The Balaban J connectivity index is 0.00000441. The Kier molecular flexibility index (Phi) is 7.49. The molecule has 0 fully saturated rings. The minimum absolute atomic E-state index is 0. The van der Waals surface area contributed by atoms with Gasteiger partial charge in [-0.15, -0.1) is 0 Å². The van der Waals surface area contributed by atoms with Crippen molar-refractivity contribution < 1.29 is 31.5 Å². The van der Waals surface area contributed by atoms with E-state index in [-0.39, 0.29) is 24.3 Å². The third-order valence-electron chi connectivity index (χ3n) is 2.71. The molecule has 124 valence electrons. The van der Waals surface area contributed by atoms with Crippen molar-refractivity contribution in [1.82, 2.24) is 5.32 Å². The Morgan fingerprint density at radius 1 is 1.32 bits per heavy atom. The fourth-order valence-electron chi connectivity index (χ4n) is 1.68. The molecular weight excluding hydrogens is 397 g/mol. The van der Waals surface area contributed by atoms with Crippen LogP contribution >= 0.6 is 29.4 Å². The smallest absolute Gasteiger partial charge is 0.336 e. The van der Waals surface area contributed by atoms with Gasteiger partial charge in [-0.25, -0.2) is 8.78 Å². The number of amides is 1. The summed E-state index contributed by atoms with van der Waals surface area (Å²) >= 11 is 2.96. The lowest BCUT2D eigenvalue weighted by Crippen LogP contribution is -2.52. The summed E-state index contributed by atoms with van der Waals surface area (Å²) in [5.74, 6) is -3.50. The van der Waals surface area contributed by atoms with E-state index in [2.05, 4.69) is 15.9 Å². The van der Waals surface area contributed by atoms with E-state index in [0.29, 0.717) is 0 Å². The van der Waals surface area contributed by atoms with Crippen LogP contribution in [0.5, 0.6) is 0 Å². The molecule has 0 aliphatic rings. The molecule has 0 saturated heterocycles. The van der Waals surface area contributed by atoms with E-state index >= 15 is 0 Å². The molecule has 0 bridgehead atoms. The summed E-state index contributed by atoms with van der Waals surface area (Å²) in [6.07, 6.45) is -6.03. The average Bonchev–Trinajstić information content (AvgIpc) is 2.39. The third kappa shape index (κ3) is 4.67. The largest absolute Gasteiger partial charge is 0.471 e.